The Morgan fingerprint density at radius 3 is 2.79 bits per heavy atom. The van der Waals surface area contributed by atoms with Crippen LogP contribution in [0, 0.1) is 24.2 Å². The van der Waals surface area contributed by atoms with Crippen molar-refractivity contribution in [1.29, 1.82) is 0 Å². The van der Waals surface area contributed by atoms with E-state index < -0.39 is 0 Å². The number of rotatable bonds is 7. The van der Waals surface area contributed by atoms with Crippen LogP contribution in [0.4, 0.5) is 0 Å². The van der Waals surface area contributed by atoms with Crippen molar-refractivity contribution in [2.45, 2.75) is 52.1 Å². The third-order valence-electron chi connectivity index (χ3n) is 3.21. The van der Waals surface area contributed by atoms with Crippen LogP contribution >= 0.6 is 0 Å². The summed E-state index contributed by atoms with van der Waals surface area (Å²) in [6.07, 6.45) is 11.8. The van der Waals surface area contributed by atoms with E-state index in [1.165, 1.54) is 25.7 Å². The van der Waals surface area contributed by atoms with Crippen LogP contribution in [-0.4, -0.2) is 12.7 Å². The fourth-order valence-electron chi connectivity index (χ4n) is 2.04. The molecule has 0 aromatic rings. The first-order chi connectivity index (χ1) is 6.77. The quantitative estimate of drug-likeness (QED) is 0.344. The fourth-order valence-corrected chi connectivity index (χ4v) is 2.04. The predicted octanol–water partition coefficient (Wildman–Crippen LogP) is 3.24. The Bertz CT molecular complexity index is 188. The average Bonchev–Trinajstić information content (AvgIpc) is 2.99. The minimum atomic E-state index is 0.566. The van der Waals surface area contributed by atoms with Gasteiger partial charge in [-0.25, -0.2) is 0 Å². The monoisotopic (exact) mass is 194 g/mol. The maximum absolute atomic E-state index is 5.31. The Balaban J connectivity index is 2.13. The zero-order chi connectivity index (χ0) is 10.4. The zero-order valence-electron chi connectivity index (χ0n) is 9.46. The van der Waals surface area contributed by atoms with Crippen LogP contribution in [0.25, 0.3) is 0 Å². The molecule has 80 valence electrons. The molecule has 1 fully saturated rings. The summed E-state index contributed by atoms with van der Waals surface area (Å²) < 4.78 is 5.31. The summed E-state index contributed by atoms with van der Waals surface area (Å²) >= 11 is 0. The van der Waals surface area contributed by atoms with Crippen LogP contribution in [0.2, 0.25) is 0 Å². The highest BCUT2D eigenvalue weighted by Gasteiger charge is 2.30. The molecule has 3 atom stereocenters. The highest BCUT2D eigenvalue weighted by molar-refractivity contribution is 4.84. The van der Waals surface area contributed by atoms with Crippen molar-refractivity contribution in [1.82, 2.24) is 0 Å². The molecule has 2 unspecified atom stereocenters. The number of epoxide rings is 1. The van der Waals surface area contributed by atoms with E-state index >= 15 is 0 Å². The molecule has 1 aliphatic rings. The Hall–Kier alpha value is -0.480. The van der Waals surface area contributed by atoms with Crippen LogP contribution in [0.1, 0.15) is 46.0 Å². The molecule has 1 nitrogen and oxygen atoms in total. The topological polar surface area (TPSA) is 12.5 Å². The predicted molar refractivity (Wildman–Crippen MR) is 60.0 cm³/mol. The van der Waals surface area contributed by atoms with Gasteiger partial charge < -0.3 is 4.74 Å². The molecule has 1 rings (SSSR count). The molecule has 1 heterocycles. The standard InChI is InChI=1S/C13H22O/c1-4-6-7-8-12(5-2)9-11(3)13-10-14-13/h1,11-13H,5-10H2,2-3H3/t11-,12?,13?/m0/s1. The van der Waals surface area contributed by atoms with E-state index in [9.17, 15) is 0 Å². The second kappa shape index (κ2) is 6.09. The van der Waals surface area contributed by atoms with Crippen LogP contribution in [0.3, 0.4) is 0 Å². The largest absolute Gasteiger partial charge is 0.373 e. The van der Waals surface area contributed by atoms with E-state index in [2.05, 4.69) is 19.8 Å². The number of hydrogen-bond donors (Lipinski definition) is 0. The zero-order valence-corrected chi connectivity index (χ0v) is 9.46. The van der Waals surface area contributed by atoms with Gasteiger partial charge in [0, 0.05) is 6.42 Å². The van der Waals surface area contributed by atoms with Crippen LogP contribution in [0.5, 0.6) is 0 Å². The minimum absolute atomic E-state index is 0.566. The summed E-state index contributed by atoms with van der Waals surface area (Å²) in [5.41, 5.74) is 0. The van der Waals surface area contributed by atoms with E-state index in [0.29, 0.717) is 6.10 Å². The molecular weight excluding hydrogens is 172 g/mol. The van der Waals surface area contributed by atoms with Gasteiger partial charge in [0.2, 0.25) is 0 Å². The molecule has 0 amide bonds. The lowest BCUT2D eigenvalue weighted by molar-refractivity contribution is 0.282. The third kappa shape index (κ3) is 4.15. The van der Waals surface area contributed by atoms with Gasteiger partial charge >= 0.3 is 0 Å². The van der Waals surface area contributed by atoms with Crippen molar-refractivity contribution in [3.8, 4) is 12.3 Å². The lowest BCUT2D eigenvalue weighted by Crippen LogP contribution is -2.10. The minimum Gasteiger partial charge on any atom is -0.373 e. The van der Waals surface area contributed by atoms with Crippen LogP contribution in [-0.2, 0) is 4.74 Å². The highest BCUT2D eigenvalue weighted by atomic mass is 16.6. The lowest BCUT2D eigenvalue weighted by atomic mass is 9.88. The first-order valence-corrected chi connectivity index (χ1v) is 5.83. The molecule has 0 aliphatic carbocycles. The van der Waals surface area contributed by atoms with Crippen LogP contribution < -0.4 is 0 Å². The summed E-state index contributed by atoms with van der Waals surface area (Å²) in [7, 11) is 0. The van der Waals surface area contributed by atoms with Gasteiger partial charge in [-0.05, 0) is 31.1 Å². The van der Waals surface area contributed by atoms with E-state index in [1.807, 2.05) is 0 Å². The van der Waals surface area contributed by atoms with Gasteiger partial charge in [0.1, 0.15) is 0 Å². The molecule has 0 saturated carbocycles. The second-order valence-corrected chi connectivity index (χ2v) is 4.46. The fraction of sp³-hybridized carbons (Fsp3) is 0.846. The van der Waals surface area contributed by atoms with Crippen molar-refractivity contribution in [2.75, 3.05) is 6.61 Å². The Labute approximate surface area is 88.2 Å². The molecular formula is C13H22O. The van der Waals surface area contributed by atoms with Crippen molar-refractivity contribution in [2.24, 2.45) is 11.8 Å². The van der Waals surface area contributed by atoms with Gasteiger partial charge in [-0.15, -0.1) is 12.3 Å². The SMILES string of the molecule is C#CCCCC(CC)C[C@H](C)C1CO1. The summed E-state index contributed by atoms with van der Waals surface area (Å²) in [5, 5.41) is 0. The summed E-state index contributed by atoms with van der Waals surface area (Å²) in [5.74, 6) is 4.30. The van der Waals surface area contributed by atoms with Crippen molar-refractivity contribution in [3.05, 3.63) is 0 Å². The maximum atomic E-state index is 5.31. The lowest BCUT2D eigenvalue weighted by Gasteiger charge is -2.17. The molecule has 0 aromatic carbocycles. The summed E-state index contributed by atoms with van der Waals surface area (Å²) in [6.45, 7) is 5.57. The summed E-state index contributed by atoms with van der Waals surface area (Å²) in [6, 6.07) is 0. The molecule has 1 heteroatoms. The summed E-state index contributed by atoms with van der Waals surface area (Å²) in [4.78, 5) is 0. The second-order valence-electron chi connectivity index (χ2n) is 4.46. The average molecular weight is 194 g/mol. The number of terminal acetylenes is 1. The van der Waals surface area contributed by atoms with Gasteiger partial charge in [-0.3, -0.25) is 0 Å². The van der Waals surface area contributed by atoms with Gasteiger partial charge in [-0.1, -0.05) is 20.3 Å². The molecule has 0 radical (unpaired) electrons. The van der Waals surface area contributed by atoms with Gasteiger partial charge in [-0.2, -0.15) is 0 Å². The molecule has 1 saturated heterocycles. The van der Waals surface area contributed by atoms with Crippen LogP contribution in [0.15, 0.2) is 0 Å². The van der Waals surface area contributed by atoms with Gasteiger partial charge in [0.15, 0.2) is 0 Å². The molecule has 0 N–H and O–H groups in total. The van der Waals surface area contributed by atoms with E-state index in [4.69, 9.17) is 11.2 Å². The number of ether oxygens (including phenoxy) is 1. The smallest absolute Gasteiger partial charge is 0.0835 e. The Kier molecular flexibility index (Phi) is 5.04. The van der Waals surface area contributed by atoms with E-state index in [-0.39, 0.29) is 0 Å². The highest BCUT2D eigenvalue weighted by Crippen LogP contribution is 2.29. The van der Waals surface area contributed by atoms with E-state index in [1.54, 1.807) is 0 Å². The molecule has 0 spiro atoms. The first-order valence-electron chi connectivity index (χ1n) is 5.83. The van der Waals surface area contributed by atoms with Crippen molar-refractivity contribution < 1.29 is 4.74 Å². The Morgan fingerprint density at radius 1 is 1.57 bits per heavy atom. The maximum Gasteiger partial charge on any atom is 0.0835 e. The number of unbranched alkanes of at least 4 members (excludes halogenated alkanes) is 1. The molecule has 14 heavy (non-hydrogen) atoms. The van der Waals surface area contributed by atoms with Gasteiger partial charge in [0.05, 0.1) is 12.7 Å². The van der Waals surface area contributed by atoms with Gasteiger partial charge in [0.25, 0.3) is 0 Å². The molecule has 0 aromatic heterocycles. The molecule has 1 aliphatic heterocycles. The van der Waals surface area contributed by atoms with Crippen molar-refractivity contribution >= 4 is 0 Å². The molecule has 0 bridgehead atoms. The first kappa shape index (κ1) is 11.6. The van der Waals surface area contributed by atoms with Crippen molar-refractivity contribution in [3.63, 3.8) is 0 Å². The normalized spacial score (nSPS) is 23.9. The number of hydrogen-bond acceptors (Lipinski definition) is 1. The Morgan fingerprint density at radius 2 is 2.29 bits per heavy atom. The van der Waals surface area contributed by atoms with E-state index in [0.717, 1.165) is 24.9 Å². The third-order valence-corrected chi connectivity index (χ3v) is 3.21.